The molecule has 0 radical (unpaired) electrons. The van der Waals surface area contributed by atoms with Crippen LogP contribution in [0.25, 0.3) is 0 Å². The van der Waals surface area contributed by atoms with Gasteiger partial charge in [-0.1, -0.05) is 30.3 Å². The van der Waals surface area contributed by atoms with Gasteiger partial charge in [0.1, 0.15) is 5.54 Å². The number of nitrogens with zero attached hydrogens (tertiary/aromatic N) is 1. The Balaban J connectivity index is 1.51. The third kappa shape index (κ3) is 4.48. The summed E-state index contributed by atoms with van der Waals surface area (Å²) in [4.78, 5) is 48.5. The molecule has 2 N–H and O–H groups in total. The van der Waals surface area contributed by atoms with Crippen LogP contribution in [0.2, 0.25) is 0 Å². The minimum Gasteiger partial charge on any atom is -0.454 e. The normalized spacial score (nSPS) is 24.2. The predicted octanol–water partition coefficient (Wildman–Crippen LogP) is 0.683. The van der Waals surface area contributed by atoms with Crippen LogP contribution in [0, 0.1) is 0 Å². The lowest BCUT2D eigenvalue weighted by Gasteiger charge is -2.21. The van der Waals surface area contributed by atoms with Crippen LogP contribution in [-0.2, 0) is 30.3 Å². The van der Waals surface area contributed by atoms with Gasteiger partial charge in [0.15, 0.2) is 12.7 Å². The van der Waals surface area contributed by atoms with Crippen molar-refractivity contribution in [3.63, 3.8) is 0 Å². The number of carbonyl (C=O) groups is 4. The first-order valence-corrected chi connectivity index (χ1v) is 9.17. The molecule has 1 aromatic rings. The van der Waals surface area contributed by atoms with Crippen molar-refractivity contribution in [2.45, 2.75) is 44.2 Å². The predicted molar refractivity (Wildman–Crippen MR) is 96.6 cm³/mol. The molecule has 9 nitrogen and oxygen atoms in total. The number of hydrogen-bond acceptors (Lipinski definition) is 6. The first kappa shape index (κ1) is 19.8. The fourth-order valence-corrected chi connectivity index (χ4v) is 3.14. The number of urea groups is 1. The van der Waals surface area contributed by atoms with E-state index < -0.39 is 42.1 Å². The van der Waals surface area contributed by atoms with E-state index in [1.165, 1.54) is 0 Å². The first-order valence-electron chi connectivity index (χ1n) is 9.17. The van der Waals surface area contributed by atoms with Crippen molar-refractivity contribution in [3.8, 4) is 0 Å². The van der Waals surface area contributed by atoms with E-state index in [0.717, 1.165) is 12.0 Å². The lowest BCUT2D eigenvalue weighted by atomic mass is 9.93. The molecule has 2 atom stereocenters. The average Bonchev–Trinajstić information content (AvgIpc) is 3.29. The van der Waals surface area contributed by atoms with Crippen molar-refractivity contribution < 1.29 is 28.7 Å². The van der Waals surface area contributed by atoms with Gasteiger partial charge in [0.25, 0.3) is 11.8 Å². The lowest BCUT2D eigenvalue weighted by Crippen LogP contribution is -2.50. The molecule has 2 saturated heterocycles. The van der Waals surface area contributed by atoms with Crippen LogP contribution in [-0.4, -0.2) is 53.7 Å². The van der Waals surface area contributed by atoms with E-state index in [-0.39, 0.29) is 0 Å². The van der Waals surface area contributed by atoms with Gasteiger partial charge in [0, 0.05) is 6.61 Å². The van der Waals surface area contributed by atoms with E-state index in [2.05, 4.69) is 10.7 Å². The van der Waals surface area contributed by atoms with E-state index in [0.29, 0.717) is 30.9 Å². The second-order valence-corrected chi connectivity index (χ2v) is 7.03. The van der Waals surface area contributed by atoms with E-state index >= 15 is 0 Å². The van der Waals surface area contributed by atoms with Gasteiger partial charge in [-0.05, 0) is 38.2 Å². The molecular formula is C19H23N3O6. The smallest absolute Gasteiger partial charge is 0.344 e. The molecule has 0 saturated carbocycles. The van der Waals surface area contributed by atoms with Gasteiger partial charge in [0.2, 0.25) is 0 Å². The molecule has 2 heterocycles. The summed E-state index contributed by atoms with van der Waals surface area (Å²) in [5.41, 5.74) is 2.10. The van der Waals surface area contributed by atoms with Crippen molar-refractivity contribution in [1.82, 2.24) is 15.8 Å². The summed E-state index contributed by atoms with van der Waals surface area (Å²) in [5, 5.41) is 3.24. The van der Waals surface area contributed by atoms with Crippen LogP contribution in [0.4, 0.5) is 4.79 Å². The van der Waals surface area contributed by atoms with E-state index in [4.69, 9.17) is 9.47 Å². The minimum atomic E-state index is -1.13. The first-order chi connectivity index (χ1) is 13.4. The van der Waals surface area contributed by atoms with Crippen LogP contribution < -0.4 is 10.7 Å². The number of ether oxygens (including phenoxy) is 2. The van der Waals surface area contributed by atoms with Crippen molar-refractivity contribution in [2.24, 2.45) is 0 Å². The van der Waals surface area contributed by atoms with Gasteiger partial charge in [-0.15, -0.1) is 0 Å². The summed E-state index contributed by atoms with van der Waals surface area (Å²) in [5.74, 6) is -1.97. The number of carbonyl (C=O) groups excluding carboxylic acids is 4. The molecule has 0 unspecified atom stereocenters. The van der Waals surface area contributed by atoms with Crippen LogP contribution >= 0.6 is 0 Å². The standard InChI is InChI=1S/C19H23N3O6/c1-19(10-9-13-6-3-2-4-7-13)17(25)22(18(26)20-19)21-15(23)12-28-16(24)14-8-5-11-27-14/h2-4,6-7,14H,5,8-12H2,1H3,(H,20,26)(H,21,23)/t14-,19-/m1/s1. The Bertz CT molecular complexity index is 762. The van der Waals surface area contributed by atoms with E-state index in [1.807, 2.05) is 30.3 Å². The van der Waals surface area contributed by atoms with Crippen LogP contribution in [0.1, 0.15) is 31.7 Å². The molecule has 3 rings (SSSR count). The topological polar surface area (TPSA) is 114 Å². The maximum atomic E-state index is 12.6. The molecule has 9 heteroatoms. The lowest BCUT2D eigenvalue weighted by molar-refractivity contribution is -0.158. The number of aryl methyl sites for hydroxylation is 1. The van der Waals surface area contributed by atoms with Gasteiger partial charge < -0.3 is 14.8 Å². The molecular weight excluding hydrogens is 366 g/mol. The second kappa shape index (κ2) is 8.39. The number of hydrazine groups is 1. The summed E-state index contributed by atoms with van der Waals surface area (Å²) in [6, 6.07) is 8.85. The highest BCUT2D eigenvalue weighted by atomic mass is 16.6. The summed E-state index contributed by atoms with van der Waals surface area (Å²) in [6.45, 7) is 1.49. The fourth-order valence-electron chi connectivity index (χ4n) is 3.14. The number of imide groups is 1. The Hall–Kier alpha value is -2.94. The monoisotopic (exact) mass is 389 g/mol. The highest BCUT2D eigenvalue weighted by Gasteiger charge is 2.48. The largest absolute Gasteiger partial charge is 0.454 e. The molecule has 0 aliphatic carbocycles. The molecule has 2 fully saturated rings. The van der Waals surface area contributed by atoms with Crippen LogP contribution in [0.5, 0.6) is 0 Å². The van der Waals surface area contributed by atoms with E-state index in [9.17, 15) is 19.2 Å². The molecule has 1 aromatic carbocycles. The number of hydrogen-bond donors (Lipinski definition) is 2. The average molecular weight is 389 g/mol. The summed E-state index contributed by atoms with van der Waals surface area (Å²) >= 11 is 0. The van der Waals surface area contributed by atoms with Gasteiger partial charge in [-0.25, -0.2) is 9.59 Å². The highest BCUT2D eigenvalue weighted by Crippen LogP contribution is 2.22. The number of rotatable bonds is 7. The third-order valence-corrected chi connectivity index (χ3v) is 4.79. The Labute approximate surface area is 162 Å². The maximum absolute atomic E-state index is 12.6. The number of amides is 4. The molecule has 0 spiro atoms. The summed E-state index contributed by atoms with van der Waals surface area (Å²) in [7, 11) is 0. The number of esters is 1. The Morgan fingerprint density at radius 2 is 2.07 bits per heavy atom. The molecule has 2 aliphatic heterocycles. The third-order valence-electron chi connectivity index (χ3n) is 4.79. The maximum Gasteiger partial charge on any atom is 0.344 e. The van der Waals surface area contributed by atoms with Gasteiger partial charge >= 0.3 is 12.0 Å². The minimum absolute atomic E-state index is 0.377. The second-order valence-electron chi connectivity index (χ2n) is 7.03. The summed E-state index contributed by atoms with van der Waals surface area (Å²) in [6.07, 6.45) is 1.61. The fraction of sp³-hybridized carbons (Fsp3) is 0.474. The number of nitrogens with one attached hydrogen (secondary N) is 2. The van der Waals surface area contributed by atoms with Gasteiger partial charge in [0.05, 0.1) is 0 Å². The molecule has 0 bridgehead atoms. The quantitative estimate of drug-likeness (QED) is 0.524. The zero-order valence-corrected chi connectivity index (χ0v) is 15.6. The van der Waals surface area contributed by atoms with Gasteiger partial charge in [-0.2, -0.15) is 5.01 Å². The van der Waals surface area contributed by atoms with Crippen molar-refractivity contribution in [2.75, 3.05) is 13.2 Å². The van der Waals surface area contributed by atoms with E-state index in [1.54, 1.807) is 6.92 Å². The Morgan fingerprint density at radius 3 is 2.75 bits per heavy atom. The van der Waals surface area contributed by atoms with Crippen molar-refractivity contribution in [1.29, 1.82) is 0 Å². The number of benzene rings is 1. The van der Waals surface area contributed by atoms with Crippen LogP contribution in [0.15, 0.2) is 30.3 Å². The van der Waals surface area contributed by atoms with Gasteiger partial charge in [-0.3, -0.25) is 15.0 Å². The molecule has 0 aromatic heterocycles. The molecule has 28 heavy (non-hydrogen) atoms. The molecule has 150 valence electrons. The summed E-state index contributed by atoms with van der Waals surface area (Å²) < 4.78 is 10.1. The highest BCUT2D eigenvalue weighted by molar-refractivity contribution is 6.07. The van der Waals surface area contributed by atoms with Crippen molar-refractivity contribution >= 4 is 23.8 Å². The Morgan fingerprint density at radius 1 is 1.32 bits per heavy atom. The zero-order chi connectivity index (χ0) is 20.1. The van der Waals surface area contributed by atoms with Crippen LogP contribution in [0.3, 0.4) is 0 Å². The SMILES string of the molecule is C[C@]1(CCc2ccccc2)NC(=O)N(NC(=O)COC(=O)[C@H]2CCCO2)C1=O. The molecule has 2 aliphatic rings. The van der Waals surface area contributed by atoms with Crippen molar-refractivity contribution in [3.05, 3.63) is 35.9 Å². The Kier molecular flexibility index (Phi) is 5.93. The zero-order valence-electron chi connectivity index (χ0n) is 15.6. The molecule has 4 amide bonds.